The lowest BCUT2D eigenvalue weighted by atomic mass is 9.85. The Morgan fingerprint density at radius 3 is 2.94 bits per heavy atom. The molecule has 4 unspecified atom stereocenters. The molecule has 4 heteroatoms. The van der Waals surface area contributed by atoms with E-state index in [2.05, 4.69) is 19.2 Å². The Bertz CT molecular complexity index is 250. The van der Waals surface area contributed by atoms with Gasteiger partial charge < -0.3 is 20.5 Å². The van der Waals surface area contributed by atoms with Crippen molar-refractivity contribution in [3.8, 4) is 0 Å². The monoisotopic (exact) mass is 242 g/mol. The Kier molecular flexibility index (Phi) is 4.42. The molecule has 4 nitrogen and oxygen atoms in total. The van der Waals surface area contributed by atoms with Crippen molar-refractivity contribution in [1.82, 2.24) is 5.32 Å². The molecule has 0 saturated carbocycles. The largest absolute Gasteiger partial charge is 0.379 e. The standard InChI is InChI=1S/C13H26N2O2/c1-3-11-10(4-5-17-11)6-15-8-13(2)9-16-7-12(13)14/h10-12,15H,3-9,14H2,1-2H3. The molecule has 3 N–H and O–H groups in total. The number of nitrogens with two attached hydrogens (primary N) is 1. The fourth-order valence-electron chi connectivity index (χ4n) is 2.83. The maximum Gasteiger partial charge on any atom is 0.0624 e. The van der Waals surface area contributed by atoms with E-state index in [-0.39, 0.29) is 11.5 Å². The zero-order valence-corrected chi connectivity index (χ0v) is 11.1. The average molecular weight is 242 g/mol. The second-order valence-electron chi connectivity index (χ2n) is 5.77. The lowest BCUT2D eigenvalue weighted by Crippen LogP contribution is -2.46. The van der Waals surface area contributed by atoms with Crippen LogP contribution in [0.5, 0.6) is 0 Å². The van der Waals surface area contributed by atoms with Crippen LogP contribution in [-0.2, 0) is 9.47 Å². The fourth-order valence-corrected chi connectivity index (χ4v) is 2.83. The summed E-state index contributed by atoms with van der Waals surface area (Å²) in [6, 6.07) is 0.164. The van der Waals surface area contributed by atoms with Crippen LogP contribution < -0.4 is 11.1 Å². The van der Waals surface area contributed by atoms with Crippen molar-refractivity contribution in [1.29, 1.82) is 0 Å². The van der Waals surface area contributed by atoms with Gasteiger partial charge in [-0.25, -0.2) is 0 Å². The molecule has 2 rings (SSSR count). The lowest BCUT2D eigenvalue weighted by molar-refractivity contribution is 0.0860. The number of hydrogen-bond acceptors (Lipinski definition) is 4. The van der Waals surface area contributed by atoms with Crippen LogP contribution in [0.25, 0.3) is 0 Å². The van der Waals surface area contributed by atoms with E-state index >= 15 is 0 Å². The molecule has 0 aromatic heterocycles. The molecule has 0 amide bonds. The van der Waals surface area contributed by atoms with Gasteiger partial charge in [-0.2, -0.15) is 0 Å². The fraction of sp³-hybridized carbons (Fsp3) is 1.00. The molecule has 2 fully saturated rings. The van der Waals surface area contributed by atoms with Crippen LogP contribution in [-0.4, -0.2) is 45.1 Å². The van der Waals surface area contributed by atoms with E-state index in [1.807, 2.05) is 0 Å². The third-order valence-electron chi connectivity index (χ3n) is 4.31. The first-order chi connectivity index (χ1) is 8.15. The summed E-state index contributed by atoms with van der Waals surface area (Å²) in [6.07, 6.45) is 2.75. The highest BCUT2D eigenvalue weighted by molar-refractivity contribution is 4.92. The smallest absolute Gasteiger partial charge is 0.0624 e. The van der Waals surface area contributed by atoms with Gasteiger partial charge in [0.1, 0.15) is 0 Å². The molecular formula is C13H26N2O2. The van der Waals surface area contributed by atoms with Crippen molar-refractivity contribution in [2.75, 3.05) is 32.9 Å². The van der Waals surface area contributed by atoms with Crippen LogP contribution in [0.4, 0.5) is 0 Å². The van der Waals surface area contributed by atoms with Crippen LogP contribution in [0, 0.1) is 11.3 Å². The number of rotatable bonds is 5. The maximum atomic E-state index is 6.07. The first kappa shape index (κ1) is 13.3. The topological polar surface area (TPSA) is 56.5 Å². The van der Waals surface area contributed by atoms with Crippen LogP contribution in [0.2, 0.25) is 0 Å². The molecule has 2 heterocycles. The minimum absolute atomic E-state index is 0.0984. The molecule has 0 aromatic rings. The molecule has 0 spiro atoms. The van der Waals surface area contributed by atoms with Crippen LogP contribution >= 0.6 is 0 Å². The Morgan fingerprint density at radius 1 is 1.47 bits per heavy atom. The summed E-state index contributed by atoms with van der Waals surface area (Å²) >= 11 is 0. The number of ether oxygens (including phenoxy) is 2. The minimum atomic E-state index is 0.0984. The van der Waals surface area contributed by atoms with E-state index in [9.17, 15) is 0 Å². The van der Waals surface area contributed by atoms with Crippen LogP contribution in [0.15, 0.2) is 0 Å². The predicted molar refractivity (Wildman–Crippen MR) is 67.9 cm³/mol. The molecule has 0 radical (unpaired) electrons. The van der Waals surface area contributed by atoms with Gasteiger partial charge in [0.05, 0.1) is 19.3 Å². The van der Waals surface area contributed by atoms with Crippen molar-refractivity contribution < 1.29 is 9.47 Å². The van der Waals surface area contributed by atoms with Crippen molar-refractivity contribution in [2.24, 2.45) is 17.1 Å². The first-order valence-corrected chi connectivity index (χ1v) is 6.81. The van der Waals surface area contributed by atoms with Gasteiger partial charge >= 0.3 is 0 Å². The average Bonchev–Trinajstić information content (AvgIpc) is 2.88. The molecule has 2 aliphatic heterocycles. The van der Waals surface area contributed by atoms with Gasteiger partial charge in [-0.1, -0.05) is 13.8 Å². The Labute approximate surface area is 104 Å². The molecule has 100 valence electrons. The second kappa shape index (κ2) is 5.65. The first-order valence-electron chi connectivity index (χ1n) is 6.81. The summed E-state index contributed by atoms with van der Waals surface area (Å²) in [7, 11) is 0. The summed E-state index contributed by atoms with van der Waals surface area (Å²) in [5.74, 6) is 0.669. The molecular weight excluding hydrogens is 216 g/mol. The van der Waals surface area contributed by atoms with E-state index in [0.29, 0.717) is 18.6 Å². The van der Waals surface area contributed by atoms with Crippen LogP contribution in [0.1, 0.15) is 26.7 Å². The quantitative estimate of drug-likeness (QED) is 0.747. The maximum absolute atomic E-state index is 6.07. The van der Waals surface area contributed by atoms with Gasteiger partial charge in [-0.05, 0) is 18.8 Å². The van der Waals surface area contributed by atoms with Crippen LogP contribution in [0.3, 0.4) is 0 Å². The molecule has 2 saturated heterocycles. The Balaban J connectivity index is 1.72. The zero-order valence-electron chi connectivity index (χ0n) is 11.1. The second-order valence-corrected chi connectivity index (χ2v) is 5.77. The molecule has 2 aliphatic rings. The Hall–Kier alpha value is -0.160. The minimum Gasteiger partial charge on any atom is -0.379 e. The highest BCUT2D eigenvalue weighted by Crippen LogP contribution is 2.27. The van der Waals surface area contributed by atoms with Gasteiger partial charge in [-0.3, -0.25) is 0 Å². The van der Waals surface area contributed by atoms with E-state index in [4.69, 9.17) is 15.2 Å². The Morgan fingerprint density at radius 2 is 2.29 bits per heavy atom. The van der Waals surface area contributed by atoms with Gasteiger partial charge in [-0.15, -0.1) is 0 Å². The zero-order chi connectivity index (χ0) is 12.3. The van der Waals surface area contributed by atoms with Gasteiger partial charge in [0, 0.05) is 31.2 Å². The molecule has 0 aromatic carbocycles. The van der Waals surface area contributed by atoms with E-state index in [1.165, 1.54) is 6.42 Å². The lowest BCUT2D eigenvalue weighted by Gasteiger charge is -2.28. The number of nitrogens with one attached hydrogen (secondary N) is 1. The third-order valence-corrected chi connectivity index (χ3v) is 4.31. The molecule has 0 bridgehead atoms. The molecule has 0 aliphatic carbocycles. The molecule has 4 atom stereocenters. The molecule has 17 heavy (non-hydrogen) atoms. The van der Waals surface area contributed by atoms with Crippen molar-refractivity contribution in [3.63, 3.8) is 0 Å². The summed E-state index contributed by atoms with van der Waals surface area (Å²) in [4.78, 5) is 0. The van der Waals surface area contributed by atoms with Crippen molar-refractivity contribution in [3.05, 3.63) is 0 Å². The van der Waals surface area contributed by atoms with Crippen molar-refractivity contribution in [2.45, 2.75) is 38.8 Å². The van der Waals surface area contributed by atoms with E-state index < -0.39 is 0 Å². The summed E-state index contributed by atoms with van der Waals surface area (Å²) in [6.45, 7) is 8.79. The van der Waals surface area contributed by atoms with E-state index in [0.717, 1.165) is 32.7 Å². The van der Waals surface area contributed by atoms with Gasteiger partial charge in [0.25, 0.3) is 0 Å². The van der Waals surface area contributed by atoms with E-state index in [1.54, 1.807) is 0 Å². The third kappa shape index (κ3) is 2.99. The van der Waals surface area contributed by atoms with Crippen molar-refractivity contribution >= 4 is 0 Å². The SMILES string of the molecule is CCC1OCCC1CNCC1(C)COCC1N. The normalized spacial score (nSPS) is 42.2. The van der Waals surface area contributed by atoms with Gasteiger partial charge in [0.15, 0.2) is 0 Å². The van der Waals surface area contributed by atoms with Gasteiger partial charge in [0.2, 0.25) is 0 Å². The number of hydrogen-bond donors (Lipinski definition) is 2. The summed E-state index contributed by atoms with van der Waals surface area (Å²) < 4.78 is 11.1. The summed E-state index contributed by atoms with van der Waals surface area (Å²) in [5, 5.41) is 3.56. The highest BCUT2D eigenvalue weighted by Gasteiger charge is 2.37. The summed E-state index contributed by atoms with van der Waals surface area (Å²) in [5.41, 5.74) is 6.17. The predicted octanol–water partition coefficient (Wildman–Crippen LogP) is 0.755. The highest BCUT2D eigenvalue weighted by atomic mass is 16.5.